The van der Waals surface area contributed by atoms with Gasteiger partial charge in [0.25, 0.3) is 0 Å². The van der Waals surface area contributed by atoms with Crippen LogP contribution in [0.1, 0.15) is 40.0 Å². The molecule has 4 heteroatoms. The van der Waals surface area contributed by atoms with Crippen molar-refractivity contribution in [3.05, 3.63) is 30.1 Å². The lowest BCUT2D eigenvalue weighted by molar-refractivity contribution is 0.186. The van der Waals surface area contributed by atoms with E-state index in [0.29, 0.717) is 28.7 Å². The van der Waals surface area contributed by atoms with Gasteiger partial charge >= 0.3 is 0 Å². The molecule has 0 radical (unpaired) electrons. The van der Waals surface area contributed by atoms with Gasteiger partial charge in [0.2, 0.25) is 0 Å². The molecule has 1 saturated carbocycles. The average Bonchev–Trinajstić information content (AvgIpc) is 2.38. The van der Waals surface area contributed by atoms with Gasteiger partial charge in [0.15, 0.2) is 5.11 Å². The van der Waals surface area contributed by atoms with Gasteiger partial charge in [0, 0.05) is 11.7 Å². The maximum Gasteiger partial charge on any atom is 0.171 e. The predicted molar refractivity (Wildman–Crippen MR) is 90.9 cm³/mol. The molecule has 0 aromatic heterocycles. The number of hydrogen-bond donors (Lipinski definition) is 2. The minimum Gasteiger partial charge on any atom is -0.359 e. The molecule has 0 saturated heterocycles. The Bertz CT molecular complexity index is 489. The molecule has 0 amide bonds. The summed E-state index contributed by atoms with van der Waals surface area (Å²) >= 11 is 5.39. The Morgan fingerprint density at radius 2 is 2.10 bits per heavy atom. The third-order valence-electron chi connectivity index (χ3n) is 4.42. The molecule has 116 valence electrons. The van der Waals surface area contributed by atoms with Crippen molar-refractivity contribution in [2.24, 2.45) is 17.8 Å². The van der Waals surface area contributed by atoms with E-state index in [1.165, 1.54) is 25.0 Å². The lowest BCUT2D eigenvalue weighted by atomic mass is 9.74. The number of thiocarbonyl (C=S) groups is 1. The van der Waals surface area contributed by atoms with Crippen molar-refractivity contribution in [3.8, 4) is 0 Å². The number of anilines is 1. The van der Waals surface area contributed by atoms with E-state index in [2.05, 4.69) is 31.4 Å². The maximum absolute atomic E-state index is 13.2. The van der Waals surface area contributed by atoms with Crippen molar-refractivity contribution in [1.29, 1.82) is 0 Å². The van der Waals surface area contributed by atoms with Crippen molar-refractivity contribution in [1.82, 2.24) is 5.32 Å². The fourth-order valence-electron chi connectivity index (χ4n) is 3.27. The summed E-state index contributed by atoms with van der Waals surface area (Å²) in [4.78, 5) is 0. The van der Waals surface area contributed by atoms with Crippen LogP contribution in [0.5, 0.6) is 0 Å². The quantitative estimate of drug-likeness (QED) is 0.800. The molecular weight excluding hydrogens is 283 g/mol. The SMILES string of the molecule is CC(C)[C@@H]1CC[C@@H](C)C[C@H]1NC(=S)Nc1cccc(F)c1. The number of benzene rings is 1. The van der Waals surface area contributed by atoms with E-state index in [4.69, 9.17) is 12.2 Å². The first kappa shape index (κ1) is 16.2. The molecule has 0 aliphatic heterocycles. The van der Waals surface area contributed by atoms with Crippen molar-refractivity contribution in [2.45, 2.75) is 46.1 Å². The zero-order valence-electron chi connectivity index (χ0n) is 13.0. The summed E-state index contributed by atoms with van der Waals surface area (Å²) in [6.45, 7) is 6.85. The first-order valence-electron chi connectivity index (χ1n) is 7.78. The Morgan fingerprint density at radius 1 is 1.33 bits per heavy atom. The van der Waals surface area contributed by atoms with Gasteiger partial charge in [-0.15, -0.1) is 0 Å². The first-order valence-corrected chi connectivity index (χ1v) is 8.19. The van der Waals surface area contributed by atoms with Gasteiger partial charge in [-0.3, -0.25) is 0 Å². The van der Waals surface area contributed by atoms with Crippen LogP contribution in [-0.4, -0.2) is 11.2 Å². The van der Waals surface area contributed by atoms with Gasteiger partial charge < -0.3 is 10.6 Å². The van der Waals surface area contributed by atoms with Crippen LogP contribution in [0.25, 0.3) is 0 Å². The Kier molecular flexibility index (Phi) is 5.57. The minimum atomic E-state index is -0.255. The molecule has 0 heterocycles. The van der Waals surface area contributed by atoms with Gasteiger partial charge in [0.05, 0.1) is 0 Å². The second kappa shape index (κ2) is 7.21. The Morgan fingerprint density at radius 3 is 2.76 bits per heavy atom. The van der Waals surface area contributed by atoms with Gasteiger partial charge in [-0.2, -0.15) is 0 Å². The topological polar surface area (TPSA) is 24.1 Å². The zero-order chi connectivity index (χ0) is 15.4. The highest BCUT2D eigenvalue weighted by Crippen LogP contribution is 2.33. The molecule has 0 spiro atoms. The highest BCUT2D eigenvalue weighted by molar-refractivity contribution is 7.80. The van der Waals surface area contributed by atoms with Crippen LogP contribution in [0, 0.1) is 23.6 Å². The lowest BCUT2D eigenvalue weighted by Gasteiger charge is -2.38. The van der Waals surface area contributed by atoms with Gasteiger partial charge in [-0.25, -0.2) is 4.39 Å². The molecule has 2 rings (SSSR count). The molecule has 2 N–H and O–H groups in total. The van der Waals surface area contributed by atoms with Crippen LogP contribution >= 0.6 is 12.2 Å². The summed E-state index contributed by atoms with van der Waals surface area (Å²) in [7, 11) is 0. The molecule has 1 aromatic carbocycles. The highest BCUT2D eigenvalue weighted by atomic mass is 32.1. The Hall–Kier alpha value is -1.16. The van der Waals surface area contributed by atoms with E-state index in [0.717, 1.165) is 12.3 Å². The molecule has 1 fully saturated rings. The molecule has 0 unspecified atom stereocenters. The molecule has 1 aromatic rings. The average molecular weight is 308 g/mol. The summed E-state index contributed by atoms with van der Waals surface area (Å²) in [5, 5.41) is 7.12. The second-order valence-electron chi connectivity index (χ2n) is 6.54. The van der Waals surface area contributed by atoms with Crippen molar-refractivity contribution < 1.29 is 4.39 Å². The third kappa shape index (κ3) is 4.67. The summed E-state index contributed by atoms with van der Waals surface area (Å²) in [5.41, 5.74) is 0.692. The van der Waals surface area contributed by atoms with E-state index in [1.54, 1.807) is 6.07 Å². The van der Waals surface area contributed by atoms with E-state index in [9.17, 15) is 4.39 Å². The fourth-order valence-corrected chi connectivity index (χ4v) is 3.54. The lowest BCUT2D eigenvalue weighted by Crippen LogP contribution is -2.47. The van der Waals surface area contributed by atoms with Crippen LogP contribution < -0.4 is 10.6 Å². The normalized spacial score (nSPS) is 25.7. The van der Waals surface area contributed by atoms with Gasteiger partial charge in [-0.1, -0.05) is 33.3 Å². The molecule has 21 heavy (non-hydrogen) atoms. The molecule has 0 bridgehead atoms. The van der Waals surface area contributed by atoms with Gasteiger partial charge in [0.1, 0.15) is 5.82 Å². The third-order valence-corrected chi connectivity index (χ3v) is 4.64. The van der Waals surface area contributed by atoms with Crippen molar-refractivity contribution in [2.75, 3.05) is 5.32 Å². The van der Waals surface area contributed by atoms with Crippen LogP contribution in [0.2, 0.25) is 0 Å². The zero-order valence-corrected chi connectivity index (χ0v) is 13.8. The van der Waals surface area contributed by atoms with Gasteiger partial charge in [-0.05, 0) is 61.0 Å². The predicted octanol–water partition coefficient (Wildman–Crippen LogP) is 4.57. The molecule has 3 atom stereocenters. The largest absolute Gasteiger partial charge is 0.359 e. The smallest absolute Gasteiger partial charge is 0.171 e. The van der Waals surface area contributed by atoms with Crippen LogP contribution in [0.15, 0.2) is 24.3 Å². The molecule has 1 aliphatic carbocycles. The first-order chi connectivity index (χ1) is 9.95. The van der Waals surface area contributed by atoms with Crippen molar-refractivity contribution >= 4 is 23.0 Å². The van der Waals surface area contributed by atoms with Crippen LogP contribution in [0.4, 0.5) is 10.1 Å². The Labute approximate surface area is 132 Å². The number of nitrogens with one attached hydrogen (secondary N) is 2. The minimum absolute atomic E-state index is 0.255. The Balaban J connectivity index is 1.96. The van der Waals surface area contributed by atoms with E-state index in [-0.39, 0.29) is 5.82 Å². The highest BCUT2D eigenvalue weighted by Gasteiger charge is 2.30. The van der Waals surface area contributed by atoms with Crippen LogP contribution in [0.3, 0.4) is 0 Å². The number of rotatable bonds is 3. The molecule has 1 aliphatic rings. The molecule has 2 nitrogen and oxygen atoms in total. The summed E-state index contributed by atoms with van der Waals surface area (Å²) in [6, 6.07) is 6.79. The summed E-state index contributed by atoms with van der Waals surface area (Å²) in [5.74, 6) is 1.77. The van der Waals surface area contributed by atoms with E-state index < -0.39 is 0 Å². The fraction of sp³-hybridized carbons (Fsp3) is 0.588. The second-order valence-corrected chi connectivity index (χ2v) is 6.95. The standard InChI is InChI=1S/C17H25FN2S/c1-11(2)15-8-7-12(3)9-16(15)20-17(21)19-14-6-4-5-13(18)10-14/h4-6,10-12,15-16H,7-9H2,1-3H3,(H2,19,20,21)/t12-,15+,16-/m1/s1. The molecular formula is C17H25FN2S. The van der Waals surface area contributed by atoms with Crippen LogP contribution in [-0.2, 0) is 0 Å². The number of halogens is 1. The maximum atomic E-state index is 13.2. The summed E-state index contributed by atoms with van der Waals surface area (Å²) < 4.78 is 13.2. The monoisotopic (exact) mass is 308 g/mol. The number of hydrogen-bond acceptors (Lipinski definition) is 1. The summed E-state index contributed by atoms with van der Waals surface area (Å²) in [6.07, 6.45) is 3.69. The van der Waals surface area contributed by atoms with E-state index >= 15 is 0 Å². The van der Waals surface area contributed by atoms with Crippen molar-refractivity contribution in [3.63, 3.8) is 0 Å². The van der Waals surface area contributed by atoms with E-state index in [1.807, 2.05) is 6.07 Å².